The molecule has 0 spiro atoms. The third kappa shape index (κ3) is 3.44. The Labute approximate surface area is 132 Å². The van der Waals surface area contributed by atoms with Crippen molar-refractivity contribution in [2.45, 2.75) is 25.0 Å². The van der Waals surface area contributed by atoms with Crippen LogP contribution in [0, 0.1) is 0 Å². The number of hydrazine groups is 1. The monoisotopic (exact) mass is 321 g/mol. The highest BCUT2D eigenvalue weighted by Gasteiger charge is 2.30. The van der Waals surface area contributed by atoms with Gasteiger partial charge in [-0.2, -0.15) is 0 Å². The van der Waals surface area contributed by atoms with Crippen LogP contribution in [0.1, 0.15) is 22.9 Å². The molecule has 0 saturated carbocycles. The van der Waals surface area contributed by atoms with Crippen molar-refractivity contribution in [3.63, 3.8) is 0 Å². The molecule has 4 nitrogen and oxygen atoms in total. The summed E-state index contributed by atoms with van der Waals surface area (Å²) in [5, 5.41) is 5.67. The Kier molecular flexibility index (Phi) is 4.55. The molecule has 2 atom stereocenters. The average Bonchev–Trinajstić information content (AvgIpc) is 3.17. The normalized spacial score (nSPS) is 21.4. The van der Waals surface area contributed by atoms with E-state index in [1.165, 1.54) is 0 Å². The maximum Gasteiger partial charge on any atom is 0.238 e. The van der Waals surface area contributed by atoms with Gasteiger partial charge in [0.05, 0.1) is 6.54 Å². The third-order valence-corrected chi connectivity index (χ3v) is 4.74. The van der Waals surface area contributed by atoms with Gasteiger partial charge in [-0.25, -0.2) is 10.9 Å². The van der Waals surface area contributed by atoms with Crippen LogP contribution in [0.3, 0.4) is 0 Å². The van der Waals surface area contributed by atoms with Gasteiger partial charge in [-0.15, -0.1) is 11.3 Å². The lowest BCUT2D eigenvalue weighted by atomic mass is 10.0. The topological polar surface area (TPSA) is 53.2 Å². The molecule has 1 aliphatic rings. The van der Waals surface area contributed by atoms with Crippen LogP contribution in [0.2, 0.25) is 5.02 Å². The summed E-state index contributed by atoms with van der Waals surface area (Å²) >= 11 is 7.83. The lowest BCUT2D eigenvalue weighted by molar-refractivity contribution is -0.123. The molecule has 1 amide bonds. The summed E-state index contributed by atoms with van der Waals surface area (Å²) in [6.07, 6.45) is 0.681. The quantitative estimate of drug-likeness (QED) is 0.811. The van der Waals surface area contributed by atoms with Crippen molar-refractivity contribution < 1.29 is 4.79 Å². The molecule has 0 aliphatic carbocycles. The predicted molar refractivity (Wildman–Crippen MR) is 85.0 cm³/mol. The maximum absolute atomic E-state index is 12.2. The Morgan fingerprint density at radius 1 is 1.29 bits per heavy atom. The van der Waals surface area contributed by atoms with E-state index in [9.17, 15) is 4.79 Å². The number of nitrogens with one attached hydrogen (secondary N) is 3. The molecule has 21 heavy (non-hydrogen) atoms. The lowest BCUT2D eigenvalue weighted by Crippen LogP contribution is -2.42. The standard InChI is InChI=1S/C15H16ClN3OS/c16-12-6-2-1-5-11(12)13-8-14(19-18-13)15(20)17-9-10-4-3-7-21-10/h1-7,13-14,18-19H,8-9H2,(H,17,20). The molecule has 0 bridgehead atoms. The van der Waals surface area contributed by atoms with Crippen LogP contribution in [0.15, 0.2) is 41.8 Å². The SMILES string of the molecule is O=C(NCc1cccs1)C1CC(c2ccccc2Cl)NN1. The summed E-state index contributed by atoms with van der Waals surface area (Å²) in [6, 6.07) is 11.5. The summed E-state index contributed by atoms with van der Waals surface area (Å²) in [6.45, 7) is 0.575. The van der Waals surface area contributed by atoms with E-state index < -0.39 is 0 Å². The second-order valence-electron chi connectivity index (χ2n) is 4.95. The van der Waals surface area contributed by atoms with Crippen molar-refractivity contribution in [3.05, 3.63) is 57.2 Å². The van der Waals surface area contributed by atoms with E-state index in [2.05, 4.69) is 16.2 Å². The fourth-order valence-electron chi connectivity index (χ4n) is 2.40. The van der Waals surface area contributed by atoms with Gasteiger partial charge in [-0.3, -0.25) is 4.79 Å². The van der Waals surface area contributed by atoms with E-state index >= 15 is 0 Å². The largest absolute Gasteiger partial charge is 0.350 e. The van der Waals surface area contributed by atoms with Gasteiger partial charge in [0.15, 0.2) is 0 Å². The van der Waals surface area contributed by atoms with Crippen LogP contribution in [-0.2, 0) is 11.3 Å². The van der Waals surface area contributed by atoms with Gasteiger partial charge in [0.2, 0.25) is 5.91 Å². The van der Waals surface area contributed by atoms with Crippen LogP contribution in [0.4, 0.5) is 0 Å². The fraction of sp³-hybridized carbons (Fsp3) is 0.267. The Hall–Kier alpha value is -1.40. The molecule has 0 radical (unpaired) electrons. The zero-order valence-electron chi connectivity index (χ0n) is 11.3. The average molecular weight is 322 g/mol. The van der Waals surface area contributed by atoms with Crippen molar-refractivity contribution >= 4 is 28.8 Å². The molecular weight excluding hydrogens is 306 g/mol. The number of carbonyl (C=O) groups is 1. The van der Waals surface area contributed by atoms with Gasteiger partial charge in [-0.1, -0.05) is 35.9 Å². The first-order chi connectivity index (χ1) is 10.2. The zero-order valence-corrected chi connectivity index (χ0v) is 12.9. The van der Waals surface area contributed by atoms with Crippen LogP contribution < -0.4 is 16.2 Å². The Bertz CT molecular complexity index is 617. The maximum atomic E-state index is 12.2. The van der Waals surface area contributed by atoms with Gasteiger partial charge >= 0.3 is 0 Å². The van der Waals surface area contributed by atoms with E-state index in [-0.39, 0.29) is 18.0 Å². The molecule has 110 valence electrons. The molecular formula is C15H16ClN3OS. The highest BCUT2D eigenvalue weighted by atomic mass is 35.5. The molecule has 6 heteroatoms. The number of thiophene rings is 1. The number of benzene rings is 1. The van der Waals surface area contributed by atoms with Crippen molar-refractivity contribution in [3.8, 4) is 0 Å². The molecule has 3 rings (SSSR count). The van der Waals surface area contributed by atoms with Crippen LogP contribution in [0.25, 0.3) is 0 Å². The Morgan fingerprint density at radius 2 is 2.14 bits per heavy atom. The summed E-state index contributed by atoms with van der Waals surface area (Å²) in [5.74, 6) is 0.00505. The summed E-state index contributed by atoms with van der Waals surface area (Å²) in [5.41, 5.74) is 7.20. The molecule has 1 saturated heterocycles. The van der Waals surface area contributed by atoms with Crippen LogP contribution in [-0.4, -0.2) is 11.9 Å². The molecule has 1 fully saturated rings. The summed E-state index contributed by atoms with van der Waals surface area (Å²) in [7, 11) is 0. The number of hydrogen-bond donors (Lipinski definition) is 3. The zero-order chi connectivity index (χ0) is 14.7. The van der Waals surface area contributed by atoms with Gasteiger partial charge in [0, 0.05) is 15.9 Å². The van der Waals surface area contributed by atoms with Gasteiger partial charge in [0.25, 0.3) is 0 Å². The first-order valence-corrected chi connectivity index (χ1v) is 8.05. The Balaban J connectivity index is 1.57. The number of hydrogen-bond acceptors (Lipinski definition) is 4. The number of rotatable bonds is 4. The molecule has 2 heterocycles. The van der Waals surface area contributed by atoms with Crippen molar-refractivity contribution in [1.82, 2.24) is 16.2 Å². The van der Waals surface area contributed by atoms with Crippen molar-refractivity contribution in [2.75, 3.05) is 0 Å². The van der Waals surface area contributed by atoms with Gasteiger partial charge in [0.1, 0.15) is 6.04 Å². The lowest BCUT2D eigenvalue weighted by Gasteiger charge is -2.11. The number of halogens is 1. The summed E-state index contributed by atoms with van der Waals surface area (Å²) < 4.78 is 0. The molecule has 1 aromatic carbocycles. The number of amides is 1. The minimum atomic E-state index is -0.244. The van der Waals surface area contributed by atoms with Gasteiger partial charge < -0.3 is 5.32 Å². The smallest absolute Gasteiger partial charge is 0.238 e. The van der Waals surface area contributed by atoms with Crippen LogP contribution >= 0.6 is 22.9 Å². The first kappa shape index (κ1) is 14.5. The second kappa shape index (κ2) is 6.58. The highest BCUT2D eigenvalue weighted by molar-refractivity contribution is 7.09. The minimum absolute atomic E-state index is 0.00505. The van der Waals surface area contributed by atoms with Gasteiger partial charge in [-0.05, 0) is 29.5 Å². The van der Waals surface area contributed by atoms with Crippen molar-refractivity contribution in [1.29, 1.82) is 0 Å². The molecule has 2 unspecified atom stereocenters. The van der Waals surface area contributed by atoms with E-state index in [1.54, 1.807) is 11.3 Å². The summed E-state index contributed by atoms with van der Waals surface area (Å²) in [4.78, 5) is 13.3. The third-order valence-electron chi connectivity index (χ3n) is 3.52. The fourth-order valence-corrected chi connectivity index (χ4v) is 3.31. The van der Waals surface area contributed by atoms with E-state index in [1.807, 2.05) is 41.8 Å². The minimum Gasteiger partial charge on any atom is -0.350 e. The molecule has 2 aromatic rings. The van der Waals surface area contributed by atoms with E-state index in [0.717, 1.165) is 15.5 Å². The highest BCUT2D eigenvalue weighted by Crippen LogP contribution is 2.28. The van der Waals surface area contributed by atoms with Crippen molar-refractivity contribution in [2.24, 2.45) is 0 Å². The Morgan fingerprint density at radius 3 is 2.90 bits per heavy atom. The second-order valence-corrected chi connectivity index (χ2v) is 6.39. The van der Waals surface area contributed by atoms with Crippen LogP contribution in [0.5, 0.6) is 0 Å². The predicted octanol–water partition coefficient (Wildman–Crippen LogP) is 2.63. The first-order valence-electron chi connectivity index (χ1n) is 6.79. The van der Waals surface area contributed by atoms with E-state index in [4.69, 9.17) is 11.6 Å². The molecule has 1 aliphatic heterocycles. The molecule has 3 N–H and O–H groups in total. The number of carbonyl (C=O) groups excluding carboxylic acids is 1. The molecule has 1 aromatic heterocycles. The van der Waals surface area contributed by atoms with E-state index in [0.29, 0.717) is 13.0 Å².